The molecular formula is C16H24FNO2. The molecule has 0 amide bonds. The first kappa shape index (κ1) is 15.4. The van der Waals surface area contributed by atoms with Crippen molar-refractivity contribution in [1.29, 1.82) is 0 Å². The molecule has 1 atom stereocenters. The average molecular weight is 281 g/mol. The molecular weight excluding hydrogens is 257 g/mol. The van der Waals surface area contributed by atoms with Gasteiger partial charge in [0.15, 0.2) is 0 Å². The molecule has 0 spiro atoms. The van der Waals surface area contributed by atoms with Gasteiger partial charge >= 0.3 is 0 Å². The summed E-state index contributed by atoms with van der Waals surface area (Å²) in [5.41, 5.74) is 1.03. The highest BCUT2D eigenvalue weighted by molar-refractivity contribution is 5.19. The lowest BCUT2D eigenvalue weighted by Gasteiger charge is -2.25. The first-order valence-corrected chi connectivity index (χ1v) is 7.45. The minimum absolute atomic E-state index is 0.0154. The molecule has 1 aromatic carbocycles. The first-order valence-electron chi connectivity index (χ1n) is 7.45. The predicted molar refractivity (Wildman–Crippen MR) is 77.2 cm³/mol. The van der Waals surface area contributed by atoms with Crippen LogP contribution in [0.4, 0.5) is 4.39 Å². The molecule has 0 bridgehead atoms. The van der Waals surface area contributed by atoms with Gasteiger partial charge in [-0.3, -0.25) is 0 Å². The molecule has 112 valence electrons. The Morgan fingerprint density at radius 2 is 2.00 bits per heavy atom. The van der Waals surface area contributed by atoms with Gasteiger partial charge < -0.3 is 14.8 Å². The fraction of sp³-hybridized carbons (Fsp3) is 0.625. The van der Waals surface area contributed by atoms with Gasteiger partial charge in [-0.15, -0.1) is 0 Å². The van der Waals surface area contributed by atoms with Crippen molar-refractivity contribution in [3.63, 3.8) is 0 Å². The van der Waals surface area contributed by atoms with E-state index in [9.17, 15) is 4.39 Å². The minimum Gasteiger partial charge on any atom is -0.381 e. The van der Waals surface area contributed by atoms with E-state index >= 15 is 0 Å². The van der Waals surface area contributed by atoms with Crippen molar-refractivity contribution in [3.8, 4) is 0 Å². The standard InChI is InChI=1S/C16H24FNO2/c1-2-18-11-16(14-3-5-15(17)6-4-14)20-12-13-7-9-19-10-8-13/h3-6,13,16,18H,2,7-12H2,1H3. The van der Waals surface area contributed by atoms with Gasteiger partial charge in [0.1, 0.15) is 5.82 Å². The second kappa shape index (κ2) is 8.35. The van der Waals surface area contributed by atoms with Crippen molar-refractivity contribution in [3.05, 3.63) is 35.6 Å². The summed E-state index contributed by atoms with van der Waals surface area (Å²) in [6.45, 7) is 6.14. The lowest BCUT2D eigenvalue weighted by molar-refractivity contribution is -0.0112. The van der Waals surface area contributed by atoms with Crippen LogP contribution < -0.4 is 5.32 Å². The van der Waals surface area contributed by atoms with Crippen LogP contribution in [0.15, 0.2) is 24.3 Å². The molecule has 1 heterocycles. The van der Waals surface area contributed by atoms with Crippen LogP contribution in [0.3, 0.4) is 0 Å². The summed E-state index contributed by atoms with van der Waals surface area (Å²) < 4.78 is 24.4. The summed E-state index contributed by atoms with van der Waals surface area (Å²) in [7, 11) is 0. The van der Waals surface area contributed by atoms with Crippen LogP contribution in [-0.4, -0.2) is 32.9 Å². The second-order valence-corrected chi connectivity index (χ2v) is 5.24. The minimum atomic E-state index is -0.208. The molecule has 20 heavy (non-hydrogen) atoms. The number of hydrogen-bond acceptors (Lipinski definition) is 3. The van der Waals surface area contributed by atoms with Gasteiger partial charge in [0, 0.05) is 19.8 Å². The van der Waals surface area contributed by atoms with E-state index in [1.54, 1.807) is 12.1 Å². The first-order chi connectivity index (χ1) is 9.79. The van der Waals surface area contributed by atoms with Gasteiger partial charge in [-0.2, -0.15) is 0 Å². The van der Waals surface area contributed by atoms with Crippen LogP contribution in [0.25, 0.3) is 0 Å². The van der Waals surface area contributed by atoms with E-state index in [-0.39, 0.29) is 11.9 Å². The van der Waals surface area contributed by atoms with Gasteiger partial charge in [-0.05, 0) is 43.0 Å². The van der Waals surface area contributed by atoms with Crippen LogP contribution in [0.5, 0.6) is 0 Å². The van der Waals surface area contributed by atoms with Gasteiger partial charge in [-0.25, -0.2) is 4.39 Å². The number of benzene rings is 1. The molecule has 1 aromatic rings. The molecule has 1 saturated heterocycles. The highest BCUT2D eigenvalue weighted by Gasteiger charge is 2.18. The number of hydrogen-bond donors (Lipinski definition) is 1. The number of likely N-dealkylation sites (N-methyl/N-ethyl adjacent to an activating group) is 1. The zero-order valence-electron chi connectivity index (χ0n) is 12.1. The topological polar surface area (TPSA) is 30.5 Å². The fourth-order valence-corrected chi connectivity index (χ4v) is 2.39. The largest absolute Gasteiger partial charge is 0.381 e. The molecule has 2 rings (SSSR count). The Morgan fingerprint density at radius 1 is 1.30 bits per heavy atom. The molecule has 1 fully saturated rings. The SMILES string of the molecule is CCNCC(OCC1CCOCC1)c1ccc(F)cc1. The molecule has 0 aliphatic carbocycles. The molecule has 0 radical (unpaired) electrons. The molecule has 4 heteroatoms. The van der Waals surface area contributed by atoms with E-state index in [1.807, 2.05) is 0 Å². The fourth-order valence-electron chi connectivity index (χ4n) is 2.39. The van der Waals surface area contributed by atoms with Crippen molar-refractivity contribution in [2.24, 2.45) is 5.92 Å². The van der Waals surface area contributed by atoms with Crippen molar-refractivity contribution in [2.45, 2.75) is 25.9 Å². The summed E-state index contributed by atoms with van der Waals surface area (Å²) in [5, 5.41) is 3.31. The third kappa shape index (κ3) is 4.85. The van der Waals surface area contributed by atoms with Crippen LogP contribution in [-0.2, 0) is 9.47 Å². The Labute approximate surface area is 120 Å². The van der Waals surface area contributed by atoms with E-state index in [1.165, 1.54) is 12.1 Å². The van der Waals surface area contributed by atoms with Crippen molar-refractivity contribution in [1.82, 2.24) is 5.32 Å². The Kier molecular flexibility index (Phi) is 6.43. The van der Waals surface area contributed by atoms with Crippen LogP contribution >= 0.6 is 0 Å². The van der Waals surface area contributed by atoms with Gasteiger partial charge in [0.05, 0.1) is 12.7 Å². The smallest absolute Gasteiger partial charge is 0.123 e. The van der Waals surface area contributed by atoms with E-state index in [4.69, 9.17) is 9.47 Å². The lowest BCUT2D eigenvalue weighted by Crippen LogP contribution is -2.26. The number of rotatable bonds is 7. The molecule has 1 unspecified atom stereocenters. The van der Waals surface area contributed by atoms with E-state index < -0.39 is 0 Å². The van der Waals surface area contributed by atoms with Crippen LogP contribution in [0.2, 0.25) is 0 Å². The molecule has 0 saturated carbocycles. The maximum absolute atomic E-state index is 13.0. The number of halogens is 1. The normalized spacial score (nSPS) is 18.1. The zero-order valence-corrected chi connectivity index (χ0v) is 12.1. The number of nitrogens with one attached hydrogen (secondary N) is 1. The Bertz CT molecular complexity index is 377. The van der Waals surface area contributed by atoms with E-state index in [0.717, 1.165) is 51.3 Å². The summed E-state index contributed by atoms with van der Waals surface area (Å²) in [5.74, 6) is 0.369. The van der Waals surface area contributed by atoms with Gasteiger partial charge in [-0.1, -0.05) is 19.1 Å². The van der Waals surface area contributed by atoms with Crippen molar-refractivity contribution < 1.29 is 13.9 Å². The average Bonchev–Trinajstić information content (AvgIpc) is 2.50. The maximum atomic E-state index is 13.0. The predicted octanol–water partition coefficient (Wildman–Crippen LogP) is 2.92. The highest BCUT2D eigenvalue weighted by atomic mass is 19.1. The number of ether oxygens (including phenoxy) is 2. The Hall–Kier alpha value is -0.970. The van der Waals surface area contributed by atoms with Gasteiger partial charge in [0.2, 0.25) is 0 Å². The van der Waals surface area contributed by atoms with E-state index in [0.29, 0.717) is 5.92 Å². The van der Waals surface area contributed by atoms with Crippen molar-refractivity contribution in [2.75, 3.05) is 32.9 Å². The maximum Gasteiger partial charge on any atom is 0.123 e. The Balaban J connectivity index is 1.90. The molecule has 1 N–H and O–H groups in total. The van der Waals surface area contributed by atoms with Crippen molar-refractivity contribution >= 4 is 0 Å². The molecule has 1 aliphatic heterocycles. The van der Waals surface area contributed by atoms with Crippen LogP contribution in [0.1, 0.15) is 31.4 Å². The third-order valence-electron chi connectivity index (χ3n) is 3.70. The zero-order chi connectivity index (χ0) is 14.2. The molecule has 3 nitrogen and oxygen atoms in total. The van der Waals surface area contributed by atoms with Crippen LogP contribution in [0, 0.1) is 11.7 Å². The highest BCUT2D eigenvalue weighted by Crippen LogP contribution is 2.21. The second-order valence-electron chi connectivity index (χ2n) is 5.24. The Morgan fingerprint density at radius 3 is 2.65 bits per heavy atom. The third-order valence-corrected chi connectivity index (χ3v) is 3.70. The summed E-state index contributed by atoms with van der Waals surface area (Å²) in [4.78, 5) is 0. The summed E-state index contributed by atoms with van der Waals surface area (Å²) in [6, 6.07) is 6.60. The van der Waals surface area contributed by atoms with Gasteiger partial charge in [0.25, 0.3) is 0 Å². The summed E-state index contributed by atoms with van der Waals surface area (Å²) >= 11 is 0. The lowest BCUT2D eigenvalue weighted by atomic mass is 10.0. The molecule has 1 aliphatic rings. The molecule has 0 aromatic heterocycles. The summed E-state index contributed by atoms with van der Waals surface area (Å²) in [6.07, 6.45) is 2.12. The van der Waals surface area contributed by atoms with E-state index in [2.05, 4.69) is 12.2 Å². The quantitative estimate of drug-likeness (QED) is 0.833. The monoisotopic (exact) mass is 281 g/mol.